The number of aryl methyl sites for hydroxylation is 4. The second-order valence-corrected chi connectivity index (χ2v) is 6.91. The highest BCUT2D eigenvalue weighted by molar-refractivity contribution is 5.98. The van der Waals surface area contributed by atoms with Gasteiger partial charge in [-0.3, -0.25) is 9.59 Å². The van der Waals surface area contributed by atoms with Crippen molar-refractivity contribution in [3.63, 3.8) is 0 Å². The van der Waals surface area contributed by atoms with Crippen LogP contribution < -0.4 is 10.6 Å². The minimum Gasteiger partial charge on any atom is -0.326 e. The van der Waals surface area contributed by atoms with Crippen LogP contribution in [-0.4, -0.2) is 11.8 Å². The average Bonchev–Trinajstić information content (AvgIpc) is 2.72. The first-order valence-electron chi connectivity index (χ1n) is 10.3. The Morgan fingerprint density at radius 1 is 0.607 bits per heavy atom. The molecule has 2 N–H and O–H groups in total. The van der Waals surface area contributed by atoms with Crippen molar-refractivity contribution in [2.24, 2.45) is 0 Å². The number of carbonyl (C=O) groups is 2. The van der Waals surface area contributed by atoms with Gasteiger partial charge in [-0.25, -0.2) is 0 Å². The predicted octanol–water partition coefficient (Wildman–Crippen LogP) is 5.29. The fourth-order valence-electron chi connectivity index (χ4n) is 3.44. The monoisotopic (exact) mass is 380 g/mol. The van der Waals surface area contributed by atoms with Gasteiger partial charge < -0.3 is 10.6 Å². The van der Waals surface area contributed by atoms with Crippen molar-refractivity contribution >= 4 is 23.2 Å². The highest BCUT2D eigenvalue weighted by Crippen LogP contribution is 2.24. The van der Waals surface area contributed by atoms with Gasteiger partial charge in [0.1, 0.15) is 0 Å². The Morgan fingerprint density at radius 2 is 0.893 bits per heavy atom. The summed E-state index contributed by atoms with van der Waals surface area (Å²) in [7, 11) is 0. The van der Waals surface area contributed by atoms with Gasteiger partial charge in [0.05, 0.1) is 0 Å². The largest absolute Gasteiger partial charge is 0.326 e. The molecule has 0 spiro atoms. The Balaban J connectivity index is 2.00. The van der Waals surface area contributed by atoms with E-state index < -0.39 is 0 Å². The zero-order valence-electron chi connectivity index (χ0n) is 17.5. The lowest BCUT2D eigenvalue weighted by Crippen LogP contribution is -2.19. The molecule has 0 aliphatic carbocycles. The Hall–Kier alpha value is -2.62. The number of benzene rings is 2. The Labute approximate surface area is 168 Å². The van der Waals surface area contributed by atoms with Crippen LogP contribution in [-0.2, 0) is 35.3 Å². The lowest BCUT2D eigenvalue weighted by Gasteiger charge is -2.15. The predicted molar refractivity (Wildman–Crippen MR) is 117 cm³/mol. The molecule has 4 heteroatoms. The minimum absolute atomic E-state index is 0.120. The van der Waals surface area contributed by atoms with Crippen molar-refractivity contribution in [1.82, 2.24) is 0 Å². The Morgan fingerprint density at radius 3 is 1.14 bits per heavy atom. The maximum atomic E-state index is 12.5. The molecule has 0 bridgehead atoms. The van der Waals surface area contributed by atoms with Crippen molar-refractivity contribution in [3.8, 4) is 0 Å². The summed E-state index contributed by atoms with van der Waals surface area (Å²) in [5.74, 6) is -0.240. The number of rotatable bonds is 9. The van der Waals surface area contributed by atoms with E-state index in [0.717, 1.165) is 59.3 Å². The third-order valence-electron chi connectivity index (χ3n) is 5.11. The molecule has 0 aliphatic rings. The standard InChI is InChI=1S/C24H32N2O2/c1-5-17-11-9-12-18(6-2)23(17)25-21(27)15-16-22(28)26-24-19(7-3)13-10-14-20(24)8-4/h9-14H,5-8,15-16H2,1-4H3,(H,25,27)(H,26,28). The highest BCUT2D eigenvalue weighted by Gasteiger charge is 2.14. The fourth-order valence-corrected chi connectivity index (χ4v) is 3.44. The van der Waals surface area contributed by atoms with Gasteiger partial charge in [-0.05, 0) is 47.9 Å². The molecule has 0 unspecified atom stereocenters. The summed E-state index contributed by atoms with van der Waals surface area (Å²) in [5, 5.41) is 6.05. The third-order valence-corrected chi connectivity index (χ3v) is 5.11. The SMILES string of the molecule is CCc1cccc(CC)c1NC(=O)CCC(=O)Nc1c(CC)cccc1CC. The molecule has 0 aromatic heterocycles. The molecule has 2 rings (SSSR count). The van der Waals surface area contributed by atoms with Gasteiger partial charge in [0.15, 0.2) is 0 Å². The first-order chi connectivity index (χ1) is 13.5. The van der Waals surface area contributed by atoms with E-state index in [1.807, 2.05) is 36.4 Å². The normalized spacial score (nSPS) is 10.6. The highest BCUT2D eigenvalue weighted by atomic mass is 16.2. The molecule has 2 amide bonds. The van der Waals surface area contributed by atoms with E-state index in [2.05, 4.69) is 38.3 Å². The van der Waals surface area contributed by atoms with Gasteiger partial charge in [-0.2, -0.15) is 0 Å². The second-order valence-electron chi connectivity index (χ2n) is 6.91. The van der Waals surface area contributed by atoms with Crippen LogP contribution in [0.3, 0.4) is 0 Å². The zero-order valence-corrected chi connectivity index (χ0v) is 17.5. The summed E-state index contributed by atoms with van der Waals surface area (Å²) in [6.45, 7) is 8.31. The van der Waals surface area contributed by atoms with Crippen LogP contribution >= 0.6 is 0 Å². The topological polar surface area (TPSA) is 58.2 Å². The summed E-state index contributed by atoms with van der Waals surface area (Å²) in [4.78, 5) is 24.9. The Kier molecular flexibility index (Phi) is 8.24. The van der Waals surface area contributed by atoms with E-state index in [4.69, 9.17) is 0 Å². The van der Waals surface area contributed by atoms with Crippen molar-refractivity contribution < 1.29 is 9.59 Å². The van der Waals surface area contributed by atoms with Crippen LogP contribution in [0.5, 0.6) is 0 Å². The number of amides is 2. The zero-order chi connectivity index (χ0) is 20.5. The fraction of sp³-hybridized carbons (Fsp3) is 0.417. The summed E-state index contributed by atoms with van der Waals surface area (Å²) >= 11 is 0. The minimum atomic E-state index is -0.120. The molecule has 2 aromatic carbocycles. The van der Waals surface area contributed by atoms with E-state index in [1.54, 1.807) is 0 Å². The average molecular weight is 381 g/mol. The van der Waals surface area contributed by atoms with Crippen molar-refractivity contribution in [2.45, 2.75) is 66.2 Å². The Bertz CT molecular complexity index is 713. The van der Waals surface area contributed by atoms with E-state index in [9.17, 15) is 9.59 Å². The molecule has 0 atom stereocenters. The van der Waals surface area contributed by atoms with Crippen molar-refractivity contribution in [3.05, 3.63) is 58.7 Å². The number of para-hydroxylation sites is 2. The van der Waals surface area contributed by atoms with Gasteiger partial charge in [0, 0.05) is 24.2 Å². The number of carbonyl (C=O) groups excluding carboxylic acids is 2. The molecule has 0 radical (unpaired) electrons. The summed E-state index contributed by atoms with van der Waals surface area (Å²) in [5.41, 5.74) is 6.32. The lowest BCUT2D eigenvalue weighted by atomic mass is 10.0. The molecule has 0 saturated carbocycles. The lowest BCUT2D eigenvalue weighted by molar-refractivity contribution is -0.121. The number of hydrogen-bond acceptors (Lipinski definition) is 2. The van der Waals surface area contributed by atoms with E-state index in [0.29, 0.717) is 0 Å². The van der Waals surface area contributed by atoms with Crippen LogP contribution in [0.4, 0.5) is 11.4 Å². The van der Waals surface area contributed by atoms with Gasteiger partial charge >= 0.3 is 0 Å². The summed E-state index contributed by atoms with van der Waals surface area (Å²) in [6.07, 6.45) is 3.77. The summed E-state index contributed by atoms with van der Waals surface area (Å²) < 4.78 is 0. The molecule has 4 nitrogen and oxygen atoms in total. The van der Waals surface area contributed by atoms with Crippen LogP contribution in [0, 0.1) is 0 Å². The van der Waals surface area contributed by atoms with E-state index in [-0.39, 0.29) is 24.7 Å². The number of hydrogen-bond donors (Lipinski definition) is 2. The van der Waals surface area contributed by atoms with Gasteiger partial charge in [0.2, 0.25) is 11.8 Å². The maximum absolute atomic E-state index is 12.5. The first kappa shape index (κ1) is 21.7. The van der Waals surface area contributed by atoms with E-state index >= 15 is 0 Å². The molecule has 0 fully saturated rings. The maximum Gasteiger partial charge on any atom is 0.224 e. The molecule has 0 saturated heterocycles. The molecular weight excluding hydrogens is 348 g/mol. The first-order valence-corrected chi connectivity index (χ1v) is 10.3. The van der Waals surface area contributed by atoms with Crippen LogP contribution in [0.2, 0.25) is 0 Å². The van der Waals surface area contributed by atoms with E-state index in [1.165, 1.54) is 0 Å². The molecule has 150 valence electrons. The molecule has 2 aromatic rings. The van der Waals surface area contributed by atoms with Crippen molar-refractivity contribution in [2.75, 3.05) is 10.6 Å². The summed E-state index contributed by atoms with van der Waals surface area (Å²) in [6, 6.07) is 12.2. The molecule has 28 heavy (non-hydrogen) atoms. The van der Waals surface area contributed by atoms with Crippen LogP contribution in [0.1, 0.15) is 62.8 Å². The van der Waals surface area contributed by atoms with Crippen molar-refractivity contribution in [1.29, 1.82) is 0 Å². The van der Waals surface area contributed by atoms with Crippen LogP contribution in [0.15, 0.2) is 36.4 Å². The van der Waals surface area contributed by atoms with Crippen LogP contribution in [0.25, 0.3) is 0 Å². The quantitative estimate of drug-likeness (QED) is 0.621. The molecule has 0 heterocycles. The number of anilines is 2. The van der Waals surface area contributed by atoms with Gasteiger partial charge in [-0.1, -0.05) is 64.1 Å². The smallest absolute Gasteiger partial charge is 0.224 e. The second kappa shape index (κ2) is 10.6. The van der Waals surface area contributed by atoms with Gasteiger partial charge in [-0.15, -0.1) is 0 Å². The molecular formula is C24H32N2O2. The van der Waals surface area contributed by atoms with Gasteiger partial charge in [0.25, 0.3) is 0 Å². The molecule has 0 aliphatic heterocycles. The third kappa shape index (κ3) is 5.44. The number of nitrogens with one attached hydrogen (secondary N) is 2.